The second kappa shape index (κ2) is 6.73. The first kappa shape index (κ1) is 13.3. The summed E-state index contributed by atoms with van der Waals surface area (Å²) >= 11 is 5.41. The van der Waals surface area contributed by atoms with Gasteiger partial charge < -0.3 is 9.47 Å². The van der Waals surface area contributed by atoms with Crippen LogP contribution >= 0.6 is 11.6 Å². The minimum Gasteiger partial charge on any atom is -0.492 e. The number of rotatable bonds is 5. The molecule has 0 aliphatic carbocycles. The molecule has 98 valence electrons. The van der Waals surface area contributed by atoms with Crippen molar-refractivity contribution in [1.82, 2.24) is 4.90 Å². The first-order valence-corrected chi connectivity index (χ1v) is 6.36. The summed E-state index contributed by atoms with van der Waals surface area (Å²) in [5.41, 5.74) is 0.459. The Hall–Kier alpha value is -1.10. The summed E-state index contributed by atoms with van der Waals surface area (Å²) in [6, 6.07) is 6.92. The van der Waals surface area contributed by atoms with Gasteiger partial charge in [-0.1, -0.05) is 6.07 Å². The van der Waals surface area contributed by atoms with Gasteiger partial charge >= 0.3 is 0 Å². The van der Waals surface area contributed by atoms with Crippen LogP contribution in [0.5, 0.6) is 5.75 Å². The summed E-state index contributed by atoms with van der Waals surface area (Å²) in [6.07, 6.45) is 0. The number of halogens is 1. The van der Waals surface area contributed by atoms with Crippen molar-refractivity contribution in [3.63, 3.8) is 0 Å². The van der Waals surface area contributed by atoms with Gasteiger partial charge in [0.05, 0.1) is 13.2 Å². The van der Waals surface area contributed by atoms with E-state index in [9.17, 15) is 4.79 Å². The molecule has 4 nitrogen and oxygen atoms in total. The molecule has 18 heavy (non-hydrogen) atoms. The predicted octanol–water partition coefficient (Wildman–Crippen LogP) is 1.78. The lowest BCUT2D eigenvalue weighted by molar-refractivity contribution is 0.0322. The van der Waals surface area contributed by atoms with Crippen LogP contribution in [-0.2, 0) is 4.74 Å². The lowest BCUT2D eigenvalue weighted by atomic mass is 10.2. The maximum absolute atomic E-state index is 11.0. The van der Waals surface area contributed by atoms with Crippen LogP contribution in [0.1, 0.15) is 10.4 Å². The van der Waals surface area contributed by atoms with Gasteiger partial charge in [0.25, 0.3) is 5.24 Å². The highest BCUT2D eigenvalue weighted by atomic mass is 35.5. The molecule has 1 aromatic rings. The molecule has 0 spiro atoms. The monoisotopic (exact) mass is 269 g/mol. The summed E-state index contributed by atoms with van der Waals surface area (Å²) in [7, 11) is 0. The average Bonchev–Trinajstić information content (AvgIpc) is 2.40. The Labute approximate surface area is 111 Å². The third kappa shape index (κ3) is 3.98. The molecule has 1 aromatic carbocycles. The zero-order valence-electron chi connectivity index (χ0n) is 10.1. The molecule has 0 aromatic heterocycles. The van der Waals surface area contributed by atoms with E-state index < -0.39 is 5.24 Å². The van der Waals surface area contributed by atoms with Crippen LogP contribution in [-0.4, -0.2) is 49.6 Å². The standard InChI is InChI=1S/C13H16ClNO3/c14-13(16)11-2-1-3-12(10-11)18-9-6-15-4-7-17-8-5-15/h1-3,10H,4-9H2. The Kier molecular flexibility index (Phi) is 4.99. The first-order chi connectivity index (χ1) is 8.75. The van der Waals surface area contributed by atoms with Gasteiger partial charge in [-0.2, -0.15) is 0 Å². The third-order valence-corrected chi connectivity index (χ3v) is 3.06. The van der Waals surface area contributed by atoms with Gasteiger partial charge in [-0.15, -0.1) is 0 Å². The second-order valence-corrected chi connectivity index (χ2v) is 4.45. The molecule has 1 heterocycles. The number of nitrogens with zero attached hydrogens (tertiary/aromatic N) is 1. The lowest BCUT2D eigenvalue weighted by Crippen LogP contribution is -2.38. The smallest absolute Gasteiger partial charge is 0.252 e. The van der Waals surface area contributed by atoms with Gasteiger partial charge in [0, 0.05) is 25.2 Å². The second-order valence-electron chi connectivity index (χ2n) is 4.10. The van der Waals surface area contributed by atoms with Crippen molar-refractivity contribution in [3.8, 4) is 5.75 Å². The predicted molar refractivity (Wildman–Crippen MR) is 69.4 cm³/mol. The van der Waals surface area contributed by atoms with E-state index in [1.54, 1.807) is 18.2 Å². The highest BCUT2D eigenvalue weighted by Gasteiger charge is 2.10. The molecule has 1 saturated heterocycles. The van der Waals surface area contributed by atoms with E-state index in [2.05, 4.69) is 4.90 Å². The number of ether oxygens (including phenoxy) is 2. The number of morpholine rings is 1. The quantitative estimate of drug-likeness (QED) is 0.764. The molecular weight excluding hydrogens is 254 g/mol. The maximum Gasteiger partial charge on any atom is 0.252 e. The molecule has 2 rings (SSSR count). The highest BCUT2D eigenvalue weighted by Crippen LogP contribution is 2.14. The Bertz CT molecular complexity index is 405. The van der Waals surface area contributed by atoms with Crippen LogP contribution < -0.4 is 4.74 Å². The Morgan fingerprint density at radius 1 is 1.39 bits per heavy atom. The van der Waals surface area contributed by atoms with Crippen LogP contribution in [0.2, 0.25) is 0 Å². The van der Waals surface area contributed by atoms with Crippen molar-refractivity contribution in [2.24, 2.45) is 0 Å². The van der Waals surface area contributed by atoms with Crippen molar-refractivity contribution in [3.05, 3.63) is 29.8 Å². The zero-order chi connectivity index (χ0) is 12.8. The molecule has 1 aliphatic rings. The third-order valence-electron chi connectivity index (χ3n) is 2.84. The number of hydrogen-bond donors (Lipinski definition) is 0. The van der Waals surface area contributed by atoms with Crippen molar-refractivity contribution in [2.75, 3.05) is 39.5 Å². The van der Waals surface area contributed by atoms with E-state index in [1.807, 2.05) is 6.07 Å². The Balaban J connectivity index is 1.78. The highest BCUT2D eigenvalue weighted by molar-refractivity contribution is 6.67. The SMILES string of the molecule is O=C(Cl)c1cccc(OCCN2CCOCC2)c1. The zero-order valence-corrected chi connectivity index (χ0v) is 10.9. The fourth-order valence-corrected chi connectivity index (χ4v) is 1.94. The molecule has 5 heteroatoms. The van der Waals surface area contributed by atoms with Gasteiger partial charge in [0.15, 0.2) is 0 Å². The number of carbonyl (C=O) groups excluding carboxylic acids is 1. The average molecular weight is 270 g/mol. The fourth-order valence-electron chi connectivity index (χ4n) is 1.83. The summed E-state index contributed by atoms with van der Waals surface area (Å²) in [5, 5.41) is -0.464. The number of benzene rings is 1. The van der Waals surface area contributed by atoms with Gasteiger partial charge in [-0.3, -0.25) is 9.69 Å². The molecule has 0 unspecified atom stereocenters. The largest absolute Gasteiger partial charge is 0.492 e. The molecule has 1 fully saturated rings. The Morgan fingerprint density at radius 2 is 2.17 bits per heavy atom. The number of hydrogen-bond acceptors (Lipinski definition) is 4. The van der Waals surface area contributed by atoms with Gasteiger partial charge in [0.2, 0.25) is 0 Å². The molecule has 0 N–H and O–H groups in total. The Morgan fingerprint density at radius 3 is 2.89 bits per heavy atom. The lowest BCUT2D eigenvalue weighted by Gasteiger charge is -2.26. The molecule has 0 atom stereocenters. The van der Waals surface area contributed by atoms with E-state index in [0.717, 1.165) is 32.8 Å². The van der Waals surface area contributed by atoms with Crippen molar-refractivity contribution in [1.29, 1.82) is 0 Å². The van der Waals surface area contributed by atoms with Crippen molar-refractivity contribution in [2.45, 2.75) is 0 Å². The number of carbonyl (C=O) groups is 1. The molecule has 0 bridgehead atoms. The van der Waals surface area contributed by atoms with Crippen LogP contribution in [0.15, 0.2) is 24.3 Å². The van der Waals surface area contributed by atoms with Crippen LogP contribution in [0.4, 0.5) is 0 Å². The van der Waals surface area contributed by atoms with Crippen LogP contribution in [0.25, 0.3) is 0 Å². The first-order valence-electron chi connectivity index (χ1n) is 5.98. The van der Waals surface area contributed by atoms with E-state index >= 15 is 0 Å². The van der Waals surface area contributed by atoms with E-state index in [1.165, 1.54) is 0 Å². The van der Waals surface area contributed by atoms with E-state index in [0.29, 0.717) is 17.9 Å². The summed E-state index contributed by atoms with van der Waals surface area (Å²) in [5.74, 6) is 0.676. The van der Waals surface area contributed by atoms with Crippen LogP contribution in [0, 0.1) is 0 Å². The normalized spacial score (nSPS) is 16.5. The summed E-state index contributed by atoms with van der Waals surface area (Å²) in [6.45, 7) is 4.93. The molecule has 0 saturated carbocycles. The minimum absolute atomic E-state index is 0.459. The minimum atomic E-state index is -0.464. The van der Waals surface area contributed by atoms with E-state index in [4.69, 9.17) is 21.1 Å². The van der Waals surface area contributed by atoms with Crippen molar-refractivity contribution < 1.29 is 14.3 Å². The van der Waals surface area contributed by atoms with Crippen LogP contribution in [0.3, 0.4) is 0 Å². The topological polar surface area (TPSA) is 38.8 Å². The van der Waals surface area contributed by atoms with E-state index in [-0.39, 0.29) is 0 Å². The van der Waals surface area contributed by atoms with Gasteiger partial charge in [-0.25, -0.2) is 0 Å². The molecule has 0 radical (unpaired) electrons. The molecular formula is C13H16ClNO3. The fraction of sp³-hybridized carbons (Fsp3) is 0.462. The maximum atomic E-state index is 11.0. The van der Waals surface area contributed by atoms with Gasteiger partial charge in [0.1, 0.15) is 12.4 Å². The molecule has 0 amide bonds. The molecule has 1 aliphatic heterocycles. The van der Waals surface area contributed by atoms with Gasteiger partial charge in [-0.05, 0) is 29.8 Å². The van der Waals surface area contributed by atoms with Crippen molar-refractivity contribution >= 4 is 16.8 Å². The summed E-state index contributed by atoms with van der Waals surface area (Å²) < 4.78 is 10.9. The summed E-state index contributed by atoms with van der Waals surface area (Å²) in [4.78, 5) is 13.3.